The van der Waals surface area contributed by atoms with Crippen molar-refractivity contribution in [1.82, 2.24) is 4.90 Å². The summed E-state index contributed by atoms with van der Waals surface area (Å²) < 4.78 is 13.4. The van der Waals surface area contributed by atoms with Crippen LogP contribution in [0, 0.1) is 5.82 Å². The molecule has 0 unspecified atom stereocenters. The van der Waals surface area contributed by atoms with Gasteiger partial charge in [0.15, 0.2) is 0 Å². The Hall–Kier alpha value is -0.600. The molecule has 0 atom stereocenters. The molecular formula is C12H17ClFN. The van der Waals surface area contributed by atoms with Crippen molar-refractivity contribution in [2.24, 2.45) is 0 Å². The van der Waals surface area contributed by atoms with Gasteiger partial charge in [-0.15, -0.1) is 11.6 Å². The minimum absolute atomic E-state index is 0.131. The maximum Gasteiger partial charge on any atom is 0.127 e. The van der Waals surface area contributed by atoms with E-state index in [1.165, 1.54) is 6.07 Å². The molecule has 0 aliphatic rings. The molecule has 0 heterocycles. The second-order valence-corrected chi connectivity index (χ2v) is 3.93. The first-order valence-corrected chi connectivity index (χ1v) is 5.83. The molecule has 0 aliphatic carbocycles. The Morgan fingerprint density at radius 1 is 1.27 bits per heavy atom. The van der Waals surface area contributed by atoms with Gasteiger partial charge >= 0.3 is 0 Å². The van der Waals surface area contributed by atoms with Gasteiger partial charge in [0.1, 0.15) is 5.82 Å². The predicted octanol–water partition coefficient (Wildman–Crippen LogP) is 3.28. The highest BCUT2D eigenvalue weighted by atomic mass is 35.5. The van der Waals surface area contributed by atoms with Crippen LogP contribution in [0.15, 0.2) is 24.3 Å². The number of hydrogen-bond acceptors (Lipinski definition) is 1. The largest absolute Gasteiger partial charge is 0.298 e. The summed E-state index contributed by atoms with van der Waals surface area (Å²) in [6, 6.07) is 6.90. The molecule has 1 nitrogen and oxygen atoms in total. The zero-order valence-electron chi connectivity index (χ0n) is 9.05. The minimum Gasteiger partial charge on any atom is -0.298 e. The molecule has 0 aromatic heterocycles. The molecule has 0 saturated heterocycles. The Labute approximate surface area is 95.8 Å². The van der Waals surface area contributed by atoms with Crippen molar-refractivity contribution in [3.8, 4) is 0 Å². The standard InChI is InChI=1S/C12H17ClFN/c1-2-8-15(9-7-13)10-11-5-3-4-6-12(11)14/h3-6H,2,7-10H2,1H3. The second kappa shape index (κ2) is 6.81. The molecule has 0 bridgehead atoms. The summed E-state index contributed by atoms with van der Waals surface area (Å²) in [7, 11) is 0. The van der Waals surface area contributed by atoms with E-state index in [1.807, 2.05) is 12.1 Å². The molecule has 15 heavy (non-hydrogen) atoms. The lowest BCUT2D eigenvalue weighted by Crippen LogP contribution is -2.26. The summed E-state index contributed by atoms with van der Waals surface area (Å²) >= 11 is 5.70. The van der Waals surface area contributed by atoms with Crippen LogP contribution in [0.25, 0.3) is 0 Å². The van der Waals surface area contributed by atoms with Gasteiger partial charge < -0.3 is 0 Å². The third kappa shape index (κ3) is 4.18. The molecule has 1 aromatic carbocycles. The number of rotatable bonds is 6. The topological polar surface area (TPSA) is 3.24 Å². The van der Waals surface area contributed by atoms with E-state index in [0.717, 1.165) is 25.1 Å². The molecule has 1 aromatic rings. The van der Waals surface area contributed by atoms with Gasteiger partial charge in [-0.1, -0.05) is 25.1 Å². The second-order valence-electron chi connectivity index (χ2n) is 3.56. The van der Waals surface area contributed by atoms with Crippen LogP contribution in [0.4, 0.5) is 4.39 Å². The van der Waals surface area contributed by atoms with E-state index in [0.29, 0.717) is 12.4 Å². The number of nitrogens with zero attached hydrogens (tertiary/aromatic N) is 1. The molecule has 0 radical (unpaired) electrons. The van der Waals surface area contributed by atoms with Crippen LogP contribution in [-0.2, 0) is 6.54 Å². The SMILES string of the molecule is CCCN(CCCl)Cc1ccccc1F. The fourth-order valence-corrected chi connectivity index (χ4v) is 1.81. The van der Waals surface area contributed by atoms with Crippen LogP contribution in [-0.4, -0.2) is 23.9 Å². The molecule has 0 saturated carbocycles. The Balaban J connectivity index is 2.60. The van der Waals surface area contributed by atoms with Gasteiger partial charge in [-0.3, -0.25) is 4.90 Å². The average molecular weight is 230 g/mol. The van der Waals surface area contributed by atoms with Crippen LogP contribution < -0.4 is 0 Å². The van der Waals surface area contributed by atoms with E-state index in [1.54, 1.807) is 6.07 Å². The third-order valence-electron chi connectivity index (χ3n) is 2.29. The third-order valence-corrected chi connectivity index (χ3v) is 2.46. The van der Waals surface area contributed by atoms with Crippen LogP contribution in [0.1, 0.15) is 18.9 Å². The van der Waals surface area contributed by atoms with E-state index in [4.69, 9.17) is 11.6 Å². The van der Waals surface area contributed by atoms with E-state index in [-0.39, 0.29) is 5.82 Å². The van der Waals surface area contributed by atoms with Crippen LogP contribution in [0.2, 0.25) is 0 Å². The van der Waals surface area contributed by atoms with Crippen molar-refractivity contribution in [1.29, 1.82) is 0 Å². The highest BCUT2D eigenvalue weighted by Crippen LogP contribution is 2.10. The van der Waals surface area contributed by atoms with Crippen molar-refractivity contribution in [3.63, 3.8) is 0 Å². The van der Waals surface area contributed by atoms with Crippen molar-refractivity contribution in [3.05, 3.63) is 35.6 Å². The van der Waals surface area contributed by atoms with Gasteiger partial charge in [0.2, 0.25) is 0 Å². The highest BCUT2D eigenvalue weighted by molar-refractivity contribution is 6.18. The lowest BCUT2D eigenvalue weighted by molar-refractivity contribution is 0.278. The molecule has 0 amide bonds. The number of alkyl halides is 1. The summed E-state index contributed by atoms with van der Waals surface area (Å²) in [5, 5.41) is 0. The first-order valence-electron chi connectivity index (χ1n) is 5.29. The molecular weight excluding hydrogens is 213 g/mol. The first kappa shape index (κ1) is 12.5. The van der Waals surface area contributed by atoms with Crippen molar-refractivity contribution in [2.75, 3.05) is 19.0 Å². The van der Waals surface area contributed by atoms with Crippen LogP contribution >= 0.6 is 11.6 Å². The molecule has 1 rings (SSSR count). The molecule has 0 aliphatic heterocycles. The average Bonchev–Trinajstić information content (AvgIpc) is 2.22. The lowest BCUT2D eigenvalue weighted by Gasteiger charge is -2.20. The molecule has 0 spiro atoms. The van der Waals surface area contributed by atoms with Crippen molar-refractivity contribution in [2.45, 2.75) is 19.9 Å². The van der Waals surface area contributed by atoms with E-state index in [9.17, 15) is 4.39 Å². The van der Waals surface area contributed by atoms with Crippen molar-refractivity contribution < 1.29 is 4.39 Å². The zero-order valence-corrected chi connectivity index (χ0v) is 9.80. The summed E-state index contributed by atoms with van der Waals surface area (Å²) in [6.45, 7) is 4.53. The summed E-state index contributed by atoms with van der Waals surface area (Å²) in [6.07, 6.45) is 1.06. The molecule has 84 valence electrons. The monoisotopic (exact) mass is 229 g/mol. The Morgan fingerprint density at radius 3 is 2.60 bits per heavy atom. The molecule has 0 N–H and O–H groups in total. The van der Waals surface area contributed by atoms with E-state index >= 15 is 0 Å². The quantitative estimate of drug-likeness (QED) is 0.677. The van der Waals surface area contributed by atoms with E-state index < -0.39 is 0 Å². The molecule has 0 fully saturated rings. The number of halogens is 2. The number of hydrogen-bond donors (Lipinski definition) is 0. The van der Waals surface area contributed by atoms with E-state index in [2.05, 4.69) is 11.8 Å². The molecule has 3 heteroatoms. The fourth-order valence-electron chi connectivity index (χ4n) is 1.57. The summed E-state index contributed by atoms with van der Waals surface area (Å²) in [5.74, 6) is 0.460. The van der Waals surface area contributed by atoms with Crippen molar-refractivity contribution >= 4 is 11.6 Å². The van der Waals surface area contributed by atoms with Gasteiger partial charge in [-0.2, -0.15) is 0 Å². The van der Waals surface area contributed by atoms with Gasteiger partial charge in [0, 0.05) is 24.5 Å². The fraction of sp³-hybridized carbons (Fsp3) is 0.500. The van der Waals surface area contributed by atoms with Crippen LogP contribution in [0.3, 0.4) is 0 Å². The predicted molar refractivity (Wildman–Crippen MR) is 62.7 cm³/mol. The Kier molecular flexibility index (Phi) is 5.66. The lowest BCUT2D eigenvalue weighted by atomic mass is 10.2. The maximum atomic E-state index is 13.4. The maximum absolute atomic E-state index is 13.4. The Morgan fingerprint density at radius 2 is 2.00 bits per heavy atom. The minimum atomic E-state index is -0.131. The summed E-state index contributed by atoms with van der Waals surface area (Å²) in [5.41, 5.74) is 0.746. The van der Waals surface area contributed by atoms with Gasteiger partial charge in [0.05, 0.1) is 0 Å². The zero-order chi connectivity index (χ0) is 11.1. The summed E-state index contributed by atoms with van der Waals surface area (Å²) in [4.78, 5) is 2.17. The van der Waals surface area contributed by atoms with Gasteiger partial charge in [-0.05, 0) is 19.0 Å². The first-order chi connectivity index (χ1) is 7.27. The Bertz CT molecular complexity index is 285. The smallest absolute Gasteiger partial charge is 0.127 e. The van der Waals surface area contributed by atoms with Crippen LogP contribution in [0.5, 0.6) is 0 Å². The van der Waals surface area contributed by atoms with Gasteiger partial charge in [-0.25, -0.2) is 4.39 Å². The number of benzene rings is 1. The van der Waals surface area contributed by atoms with Gasteiger partial charge in [0.25, 0.3) is 0 Å². The highest BCUT2D eigenvalue weighted by Gasteiger charge is 2.07. The normalized spacial score (nSPS) is 10.9.